The molecule has 0 saturated carbocycles. The molecule has 4 N–H and O–H groups in total. The van der Waals surface area contributed by atoms with Crippen molar-refractivity contribution in [2.45, 2.75) is 47.6 Å². The van der Waals surface area contributed by atoms with Crippen molar-refractivity contribution in [2.75, 3.05) is 6.54 Å². The van der Waals surface area contributed by atoms with Crippen LogP contribution in [0, 0.1) is 23.7 Å². The van der Waals surface area contributed by atoms with E-state index in [-0.39, 0.29) is 11.8 Å². The number of urea groups is 1. The summed E-state index contributed by atoms with van der Waals surface area (Å²) < 4.78 is 0. The maximum Gasteiger partial charge on any atom is 0.312 e. The highest BCUT2D eigenvalue weighted by atomic mass is 16.2. The first-order valence-electron chi connectivity index (χ1n) is 7.00. The molecule has 0 saturated heterocycles. The van der Waals surface area contributed by atoms with Crippen LogP contribution in [0.25, 0.3) is 0 Å². The van der Waals surface area contributed by atoms with Crippen molar-refractivity contribution in [2.24, 2.45) is 29.4 Å². The second-order valence-electron chi connectivity index (χ2n) is 6.13. The van der Waals surface area contributed by atoms with E-state index in [1.165, 1.54) is 0 Å². The van der Waals surface area contributed by atoms with Gasteiger partial charge in [0.15, 0.2) is 0 Å². The third-order valence-electron chi connectivity index (χ3n) is 3.47. The Balaban J connectivity index is 4.52. The lowest BCUT2D eigenvalue weighted by molar-refractivity contribution is -0.124. The molecular weight excluding hydrogens is 242 g/mol. The Kier molecular flexibility index (Phi) is 7.49. The Labute approximate surface area is 116 Å². The molecule has 5 nitrogen and oxygen atoms in total. The quantitative estimate of drug-likeness (QED) is 0.658. The van der Waals surface area contributed by atoms with Crippen molar-refractivity contribution in [3.05, 3.63) is 0 Å². The van der Waals surface area contributed by atoms with Gasteiger partial charge in [0.25, 0.3) is 0 Å². The zero-order chi connectivity index (χ0) is 15.2. The predicted molar refractivity (Wildman–Crippen MR) is 77.5 cm³/mol. The SMILES string of the molecule is CC(C)C(NC(N)=O)C(=O)NCC(C(C)C)C(C)C. The van der Waals surface area contributed by atoms with Crippen molar-refractivity contribution in [1.82, 2.24) is 10.6 Å². The number of nitrogens with one attached hydrogen (secondary N) is 2. The largest absolute Gasteiger partial charge is 0.354 e. The maximum atomic E-state index is 12.1. The van der Waals surface area contributed by atoms with Gasteiger partial charge in [-0.25, -0.2) is 4.79 Å². The molecule has 19 heavy (non-hydrogen) atoms. The number of hydrogen-bond donors (Lipinski definition) is 3. The highest BCUT2D eigenvalue weighted by Crippen LogP contribution is 2.19. The fourth-order valence-corrected chi connectivity index (χ4v) is 2.26. The van der Waals surface area contributed by atoms with E-state index in [4.69, 9.17) is 5.73 Å². The van der Waals surface area contributed by atoms with Gasteiger partial charge < -0.3 is 16.4 Å². The van der Waals surface area contributed by atoms with E-state index in [2.05, 4.69) is 38.3 Å². The summed E-state index contributed by atoms with van der Waals surface area (Å²) in [7, 11) is 0. The van der Waals surface area contributed by atoms with E-state index in [0.717, 1.165) is 0 Å². The van der Waals surface area contributed by atoms with Gasteiger partial charge >= 0.3 is 6.03 Å². The van der Waals surface area contributed by atoms with Crippen LogP contribution in [0.15, 0.2) is 0 Å². The summed E-state index contributed by atoms with van der Waals surface area (Å²) in [5.41, 5.74) is 5.09. The minimum Gasteiger partial charge on any atom is -0.354 e. The molecule has 0 rings (SSSR count). The molecule has 1 unspecified atom stereocenters. The van der Waals surface area contributed by atoms with Crippen molar-refractivity contribution in [3.8, 4) is 0 Å². The number of primary amides is 1. The van der Waals surface area contributed by atoms with Crippen LogP contribution in [-0.2, 0) is 4.79 Å². The maximum absolute atomic E-state index is 12.1. The van der Waals surface area contributed by atoms with Crippen LogP contribution >= 0.6 is 0 Å². The van der Waals surface area contributed by atoms with Gasteiger partial charge in [-0.1, -0.05) is 41.5 Å². The monoisotopic (exact) mass is 271 g/mol. The lowest BCUT2D eigenvalue weighted by atomic mass is 9.85. The van der Waals surface area contributed by atoms with Gasteiger partial charge in [-0.3, -0.25) is 4.79 Å². The second-order valence-corrected chi connectivity index (χ2v) is 6.13. The van der Waals surface area contributed by atoms with E-state index in [9.17, 15) is 9.59 Å². The molecule has 0 aromatic carbocycles. The molecule has 1 atom stereocenters. The van der Waals surface area contributed by atoms with Crippen LogP contribution in [0.1, 0.15) is 41.5 Å². The summed E-state index contributed by atoms with van der Waals surface area (Å²) in [6, 6.07) is -1.24. The smallest absolute Gasteiger partial charge is 0.312 e. The van der Waals surface area contributed by atoms with Gasteiger partial charge in [0.2, 0.25) is 5.91 Å². The van der Waals surface area contributed by atoms with E-state index in [0.29, 0.717) is 24.3 Å². The van der Waals surface area contributed by atoms with Crippen molar-refractivity contribution in [3.63, 3.8) is 0 Å². The molecule has 0 fully saturated rings. The minimum absolute atomic E-state index is 0.00375. The number of amides is 3. The molecule has 0 bridgehead atoms. The fraction of sp³-hybridized carbons (Fsp3) is 0.857. The molecule has 0 aliphatic heterocycles. The molecule has 5 heteroatoms. The van der Waals surface area contributed by atoms with Crippen LogP contribution in [0.3, 0.4) is 0 Å². The Morgan fingerprint density at radius 2 is 1.42 bits per heavy atom. The number of hydrogen-bond acceptors (Lipinski definition) is 2. The Hall–Kier alpha value is -1.26. The average Bonchev–Trinajstić information content (AvgIpc) is 2.24. The highest BCUT2D eigenvalue weighted by molar-refractivity contribution is 5.86. The first-order valence-corrected chi connectivity index (χ1v) is 7.00. The van der Waals surface area contributed by atoms with Crippen molar-refractivity contribution in [1.29, 1.82) is 0 Å². The standard InChI is InChI=1S/C14H29N3O2/c1-8(2)11(9(3)4)7-16-13(18)12(10(5)6)17-14(15)19/h8-12H,7H2,1-6H3,(H,16,18)(H3,15,17,19). The van der Waals surface area contributed by atoms with Crippen molar-refractivity contribution >= 4 is 11.9 Å². The zero-order valence-electron chi connectivity index (χ0n) is 13.0. The number of rotatable bonds is 7. The third kappa shape index (κ3) is 6.45. The van der Waals surface area contributed by atoms with Crippen LogP contribution < -0.4 is 16.4 Å². The van der Waals surface area contributed by atoms with E-state index < -0.39 is 12.1 Å². The Bertz CT molecular complexity index is 293. The summed E-state index contributed by atoms with van der Waals surface area (Å²) in [4.78, 5) is 23.0. The highest BCUT2D eigenvalue weighted by Gasteiger charge is 2.25. The Morgan fingerprint density at radius 3 is 1.74 bits per heavy atom. The molecule has 0 spiro atoms. The number of carbonyl (C=O) groups is 2. The molecule has 0 aliphatic rings. The second kappa shape index (κ2) is 8.02. The first-order chi connectivity index (χ1) is 8.66. The van der Waals surface area contributed by atoms with E-state index in [1.807, 2.05) is 13.8 Å². The molecule has 0 radical (unpaired) electrons. The lowest BCUT2D eigenvalue weighted by Crippen LogP contribution is -2.52. The number of nitrogens with two attached hydrogens (primary N) is 1. The van der Waals surface area contributed by atoms with Gasteiger partial charge in [0.05, 0.1) is 0 Å². The minimum atomic E-state index is -0.668. The molecule has 0 aromatic heterocycles. The van der Waals surface area contributed by atoms with Crippen LogP contribution in [0.4, 0.5) is 4.79 Å². The van der Waals surface area contributed by atoms with Gasteiger partial charge in [0, 0.05) is 6.54 Å². The van der Waals surface area contributed by atoms with Gasteiger partial charge in [-0.05, 0) is 23.7 Å². The summed E-state index contributed by atoms with van der Waals surface area (Å²) in [6.07, 6.45) is 0. The zero-order valence-corrected chi connectivity index (χ0v) is 13.0. The van der Waals surface area contributed by atoms with Crippen LogP contribution in [0.5, 0.6) is 0 Å². The van der Waals surface area contributed by atoms with Gasteiger partial charge in [0.1, 0.15) is 6.04 Å². The summed E-state index contributed by atoms with van der Waals surface area (Å²) in [6.45, 7) is 13.0. The molecule has 3 amide bonds. The van der Waals surface area contributed by atoms with Gasteiger partial charge in [-0.2, -0.15) is 0 Å². The van der Waals surface area contributed by atoms with E-state index in [1.54, 1.807) is 0 Å². The summed E-state index contributed by atoms with van der Waals surface area (Å²) in [5.74, 6) is 1.26. The fourth-order valence-electron chi connectivity index (χ4n) is 2.26. The normalized spacial score (nSPS) is 13.2. The first kappa shape index (κ1) is 17.7. The van der Waals surface area contributed by atoms with Crippen LogP contribution in [-0.4, -0.2) is 24.5 Å². The number of carbonyl (C=O) groups excluding carboxylic acids is 2. The van der Waals surface area contributed by atoms with Crippen LogP contribution in [0.2, 0.25) is 0 Å². The summed E-state index contributed by atoms with van der Waals surface area (Å²) >= 11 is 0. The average molecular weight is 271 g/mol. The van der Waals surface area contributed by atoms with Crippen molar-refractivity contribution < 1.29 is 9.59 Å². The molecule has 0 heterocycles. The lowest BCUT2D eigenvalue weighted by Gasteiger charge is -2.27. The predicted octanol–water partition coefficient (Wildman–Crippen LogP) is 1.72. The molecular formula is C14H29N3O2. The topological polar surface area (TPSA) is 84.2 Å². The van der Waals surface area contributed by atoms with E-state index >= 15 is 0 Å². The van der Waals surface area contributed by atoms with Gasteiger partial charge in [-0.15, -0.1) is 0 Å². The molecule has 0 aromatic rings. The Morgan fingerprint density at radius 1 is 0.947 bits per heavy atom. The molecule has 0 aliphatic carbocycles. The third-order valence-corrected chi connectivity index (χ3v) is 3.47. The summed E-state index contributed by atoms with van der Waals surface area (Å²) in [5, 5.41) is 5.41. The molecule has 112 valence electrons.